The lowest BCUT2D eigenvalue weighted by molar-refractivity contribution is -0.108. The third-order valence-electron chi connectivity index (χ3n) is 3.48. The van der Waals surface area contributed by atoms with E-state index in [4.69, 9.17) is 0 Å². The SMILES string of the molecule is C=CC(=O)Sc1ccc(/C=C/c2ccc(SC(=O)C(=C)C)c(C)c2)cc1. The molecule has 0 aliphatic heterocycles. The van der Waals surface area contributed by atoms with Gasteiger partial charge in [-0.3, -0.25) is 9.59 Å². The van der Waals surface area contributed by atoms with Crippen LogP contribution in [0.25, 0.3) is 12.2 Å². The summed E-state index contributed by atoms with van der Waals surface area (Å²) in [7, 11) is 0. The summed E-state index contributed by atoms with van der Waals surface area (Å²) in [5.74, 6) is 0. The van der Waals surface area contributed by atoms with Crippen molar-refractivity contribution >= 4 is 45.9 Å². The van der Waals surface area contributed by atoms with E-state index in [1.165, 1.54) is 17.8 Å². The monoisotopic (exact) mass is 380 g/mol. The predicted octanol–water partition coefficient (Wildman–Crippen LogP) is 6.16. The van der Waals surface area contributed by atoms with Crippen LogP contribution in [-0.4, -0.2) is 10.2 Å². The molecule has 26 heavy (non-hydrogen) atoms. The Kier molecular flexibility index (Phi) is 7.25. The Labute approximate surface area is 163 Å². The van der Waals surface area contributed by atoms with Crippen molar-refractivity contribution in [2.24, 2.45) is 0 Å². The first-order valence-corrected chi connectivity index (χ1v) is 9.63. The minimum Gasteiger partial charge on any atom is -0.282 e. The third-order valence-corrected chi connectivity index (χ3v) is 5.57. The highest BCUT2D eigenvalue weighted by Gasteiger charge is 2.07. The van der Waals surface area contributed by atoms with Crippen LogP contribution in [0.2, 0.25) is 0 Å². The predicted molar refractivity (Wildman–Crippen MR) is 113 cm³/mol. The second-order valence-corrected chi connectivity index (χ2v) is 7.82. The van der Waals surface area contributed by atoms with Crippen LogP contribution in [-0.2, 0) is 9.59 Å². The van der Waals surface area contributed by atoms with Gasteiger partial charge < -0.3 is 0 Å². The van der Waals surface area contributed by atoms with Crippen molar-refractivity contribution in [1.82, 2.24) is 0 Å². The minimum atomic E-state index is -0.0631. The molecule has 2 rings (SSSR count). The van der Waals surface area contributed by atoms with Gasteiger partial charge in [0, 0.05) is 9.79 Å². The Hall–Kier alpha value is -2.30. The number of carbonyl (C=O) groups excluding carboxylic acids is 2. The fourth-order valence-electron chi connectivity index (χ4n) is 2.08. The highest BCUT2D eigenvalue weighted by Crippen LogP contribution is 2.27. The van der Waals surface area contributed by atoms with E-state index in [1.807, 2.05) is 55.5 Å². The lowest BCUT2D eigenvalue weighted by atomic mass is 10.1. The Balaban J connectivity index is 2.07. The van der Waals surface area contributed by atoms with Crippen molar-refractivity contribution in [3.63, 3.8) is 0 Å². The van der Waals surface area contributed by atoms with E-state index in [0.29, 0.717) is 5.57 Å². The standard InChI is InChI=1S/C22H20O2S2/c1-5-21(23)25-19-11-8-17(9-12-19)6-7-18-10-13-20(16(4)14-18)26-22(24)15(2)3/h5-14H,1-2H2,3-4H3/b7-6+. The number of hydrogen-bond acceptors (Lipinski definition) is 4. The molecular formula is C22H20O2S2. The summed E-state index contributed by atoms with van der Waals surface area (Å²) in [6.45, 7) is 10.9. The van der Waals surface area contributed by atoms with Crippen LogP contribution in [0.15, 0.2) is 77.1 Å². The van der Waals surface area contributed by atoms with E-state index in [2.05, 4.69) is 19.2 Å². The van der Waals surface area contributed by atoms with Gasteiger partial charge in [-0.05, 0) is 83.9 Å². The van der Waals surface area contributed by atoms with Crippen LogP contribution >= 0.6 is 23.5 Å². The molecule has 0 heterocycles. The molecule has 0 aliphatic carbocycles. The zero-order chi connectivity index (χ0) is 19.1. The topological polar surface area (TPSA) is 34.1 Å². The molecule has 0 unspecified atom stereocenters. The number of rotatable bonds is 6. The smallest absolute Gasteiger partial charge is 0.219 e. The van der Waals surface area contributed by atoms with Gasteiger partial charge in [0.1, 0.15) is 0 Å². The summed E-state index contributed by atoms with van der Waals surface area (Å²) in [4.78, 5) is 25.0. The molecule has 0 saturated carbocycles. The zero-order valence-electron chi connectivity index (χ0n) is 14.8. The molecule has 0 radical (unpaired) electrons. The maximum absolute atomic E-state index is 11.8. The summed E-state index contributed by atoms with van der Waals surface area (Å²) < 4.78 is 0. The molecule has 0 spiro atoms. The number of aryl methyl sites for hydroxylation is 1. The van der Waals surface area contributed by atoms with Crippen LogP contribution in [0.3, 0.4) is 0 Å². The maximum atomic E-state index is 11.8. The van der Waals surface area contributed by atoms with E-state index in [9.17, 15) is 9.59 Å². The average molecular weight is 381 g/mol. The minimum absolute atomic E-state index is 0.00992. The normalized spacial score (nSPS) is 10.7. The van der Waals surface area contributed by atoms with E-state index in [1.54, 1.807) is 6.92 Å². The van der Waals surface area contributed by atoms with Gasteiger partial charge in [-0.15, -0.1) is 0 Å². The number of benzene rings is 2. The highest BCUT2D eigenvalue weighted by atomic mass is 32.2. The summed E-state index contributed by atoms with van der Waals surface area (Å²) in [5, 5.41) is -0.0730. The molecule has 2 nitrogen and oxygen atoms in total. The summed E-state index contributed by atoms with van der Waals surface area (Å²) >= 11 is 2.37. The van der Waals surface area contributed by atoms with E-state index < -0.39 is 0 Å². The van der Waals surface area contributed by atoms with Crippen molar-refractivity contribution < 1.29 is 9.59 Å². The molecule has 0 bridgehead atoms. The van der Waals surface area contributed by atoms with E-state index >= 15 is 0 Å². The Morgan fingerprint density at radius 2 is 1.58 bits per heavy atom. The van der Waals surface area contributed by atoms with E-state index in [0.717, 1.165) is 38.2 Å². The molecule has 0 atom stereocenters. The Morgan fingerprint density at radius 1 is 0.962 bits per heavy atom. The molecular weight excluding hydrogens is 360 g/mol. The zero-order valence-corrected chi connectivity index (χ0v) is 16.5. The second-order valence-electron chi connectivity index (χ2n) is 5.72. The highest BCUT2D eigenvalue weighted by molar-refractivity contribution is 8.14. The fourth-order valence-corrected chi connectivity index (χ4v) is 3.39. The third kappa shape index (κ3) is 5.90. The van der Waals surface area contributed by atoms with Crippen LogP contribution in [0.1, 0.15) is 23.6 Å². The first-order chi connectivity index (χ1) is 12.4. The first kappa shape index (κ1) is 20.0. The van der Waals surface area contributed by atoms with Crippen LogP contribution < -0.4 is 0 Å². The number of thioether (sulfide) groups is 2. The van der Waals surface area contributed by atoms with Crippen LogP contribution in [0.5, 0.6) is 0 Å². The van der Waals surface area contributed by atoms with Gasteiger partial charge in [0.25, 0.3) is 0 Å². The first-order valence-electron chi connectivity index (χ1n) is 8.00. The van der Waals surface area contributed by atoms with Crippen molar-refractivity contribution in [3.05, 3.63) is 84.0 Å². The molecule has 2 aromatic rings. The lowest BCUT2D eigenvalue weighted by Crippen LogP contribution is -1.92. The largest absolute Gasteiger partial charge is 0.282 e. The summed E-state index contributed by atoms with van der Waals surface area (Å²) in [5.41, 5.74) is 3.72. The van der Waals surface area contributed by atoms with Crippen LogP contribution in [0, 0.1) is 6.92 Å². The molecule has 4 heteroatoms. The van der Waals surface area contributed by atoms with E-state index in [-0.39, 0.29) is 10.2 Å². The molecule has 0 fully saturated rings. The van der Waals surface area contributed by atoms with Crippen molar-refractivity contribution in [2.45, 2.75) is 23.6 Å². The van der Waals surface area contributed by atoms with Gasteiger partial charge in [-0.1, -0.05) is 49.6 Å². The Morgan fingerprint density at radius 3 is 2.15 bits per heavy atom. The second kappa shape index (κ2) is 9.41. The van der Waals surface area contributed by atoms with Crippen LogP contribution in [0.4, 0.5) is 0 Å². The maximum Gasteiger partial charge on any atom is 0.219 e. The summed E-state index contributed by atoms with van der Waals surface area (Å²) in [6, 6.07) is 13.8. The molecule has 0 aromatic heterocycles. The van der Waals surface area contributed by atoms with Gasteiger partial charge in [-0.25, -0.2) is 0 Å². The molecule has 0 amide bonds. The van der Waals surface area contributed by atoms with Gasteiger partial charge in [0.15, 0.2) is 0 Å². The van der Waals surface area contributed by atoms with Gasteiger partial charge >= 0.3 is 0 Å². The number of carbonyl (C=O) groups is 2. The lowest BCUT2D eigenvalue weighted by Gasteiger charge is -2.05. The molecule has 0 N–H and O–H groups in total. The van der Waals surface area contributed by atoms with Gasteiger partial charge in [0.2, 0.25) is 10.2 Å². The van der Waals surface area contributed by atoms with Gasteiger partial charge in [-0.2, -0.15) is 0 Å². The number of hydrogen-bond donors (Lipinski definition) is 0. The summed E-state index contributed by atoms with van der Waals surface area (Å²) in [6.07, 6.45) is 5.36. The average Bonchev–Trinajstić information content (AvgIpc) is 2.62. The molecule has 0 aliphatic rings. The van der Waals surface area contributed by atoms with Crippen molar-refractivity contribution in [1.29, 1.82) is 0 Å². The molecule has 132 valence electrons. The van der Waals surface area contributed by atoms with Gasteiger partial charge in [0.05, 0.1) is 0 Å². The molecule has 0 saturated heterocycles. The van der Waals surface area contributed by atoms with Crippen molar-refractivity contribution in [2.75, 3.05) is 0 Å². The fraction of sp³-hybridized carbons (Fsp3) is 0.0909. The van der Waals surface area contributed by atoms with Crippen molar-refractivity contribution in [3.8, 4) is 0 Å². The quantitative estimate of drug-likeness (QED) is 0.341. The molecule has 2 aromatic carbocycles. The Bertz CT molecular complexity index is 878.